The molecule has 2 rings (SSSR count). The number of anilines is 1. The number of halogens is 3. The monoisotopic (exact) mass is 352 g/mol. The van der Waals surface area contributed by atoms with Gasteiger partial charge in [0.25, 0.3) is 5.91 Å². The number of carbonyl (C=O) groups excluding carboxylic acids is 1. The van der Waals surface area contributed by atoms with Crippen LogP contribution >= 0.6 is 27.5 Å². The zero-order valence-corrected chi connectivity index (χ0v) is 12.3. The third-order valence-electron chi connectivity index (χ3n) is 2.53. The molecule has 0 bridgehead atoms. The van der Waals surface area contributed by atoms with E-state index in [1.807, 2.05) is 6.07 Å². The lowest BCUT2D eigenvalue weighted by Crippen LogP contribution is -2.12. The van der Waals surface area contributed by atoms with Gasteiger partial charge >= 0.3 is 0 Å². The highest BCUT2D eigenvalue weighted by Gasteiger charge is 2.11. The maximum absolute atomic E-state index is 13.3. The molecule has 1 amide bonds. The second kappa shape index (κ2) is 6.04. The molecule has 0 fully saturated rings. The minimum atomic E-state index is -0.654. The zero-order valence-electron chi connectivity index (χ0n) is 9.95. The Hall–Kier alpha value is -1.90. The molecule has 0 unspecified atom stereocenters. The van der Waals surface area contributed by atoms with Crippen molar-refractivity contribution in [2.24, 2.45) is 0 Å². The van der Waals surface area contributed by atoms with Crippen LogP contribution in [0.15, 0.2) is 40.9 Å². The molecule has 1 N–H and O–H groups in total. The van der Waals surface area contributed by atoms with E-state index in [1.165, 1.54) is 12.1 Å². The van der Waals surface area contributed by atoms with Crippen molar-refractivity contribution in [1.82, 2.24) is 0 Å². The second-order valence-corrected chi connectivity index (χ2v) is 5.15. The van der Waals surface area contributed by atoms with Crippen molar-refractivity contribution in [1.29, 1.82) is 5.26 Å². The summed E-state index contributed by atoms with van der Waals surface area (Å²) < 4.78 is 13.9. The minimum Gasteiger partial charge on any atom is -0.321 e. The predicted octanol–water partition coefficient (Wildman–Crippen LogP) is 4.37. The standard InChI is InChI=1S/C14H7BrClFN2O/c15-10-5-8(7-18)1-4-13(10)19-14(20)9-2-3-11(16)12(17)6-9/h1-6H,(H,19,20). The van der Waals surface area contributed by atoms with Crippen LogP contribution in [0.1, 0.15) is 15.9 Å². The van der Waals surface area contributed by atoms with Gasteiger partial charge in [0.05, 0.1) is 22.3 Å². The van der Waals surface area contributed by atoms with Crippen LogP contribution in [0.2, 0.25) is 5.02 Å². The first-order valence-corrected chi connectivity index (χ1v) is 6.64. The van der Waals surface area contributed by atoms with Gasteiger partial charge in [-0.25, -0.2) is 4.39 Å². The van der Waals surface area contributed by atoms with Gasteiger partial charge < -0.3 is 5.32 Å². The fraction of sp³-hybridized carbons (Fsp3) is 0. The molecule has 0 saturated carbocycles. The topological polar surface area (TPSA) is 52.9 Å². The van der Waals surface area contributed by atoms with Gasteiger partial charge in [0, 0.05) is 10.0 Å². The van der Waals surface area contributed by atoms with E-state index in [1.54, 1.807) is 18.2 Å². The van der Waals surface area contributed by atoms with Gasteiger partial charge in [-0.3, -0.25) is 4.79 Å². The van der Waals surface area contributed by atoms with Gasteiger partial charge in [0.2, 0.25) is 0 Å². The lowest BCUT2D eigenvalue weighted by Gasteiger charge is -2.08. The van der Waals surface area contributed by atoms with Crippen molar-refractivity contribution in [3.63, 3.8) is 0 Å². The molecule has 6 heteroatoms. The molecule has 0 radical (unpaired) electrons. The number of nitrogens with zero attached hydrogens (tertiary/aromatic N) is 1. The number of benzene rings is 2. The summed E-state index contributed by atoms with van der Waals surface area (Å²) in [6.07, 6.45) is 0. The van der Waals surface area contributed by atoms with E-state index in [2.05, 4.69) is 21.2 Å². The van der Waals surface area contributed by atoms with Crippen LogP contribution in [0.3, 0.4) is 0 Å². The summed E-state index contributed by atoms with van der Waals surface area (Å²) in [5.41, 5.74) is 1.11. The lowest BCUT2D eigenvalue weighted by atomic mass is 10.2. The highest BCUT2D eigenvalue weighted by Crippen LogP contribution is 2.24. The van der Waals surface area contributed by atoms with Gasteiger partial charge in [-0.05, 0) is 52.3 Å². The maximum Gasteiger partial charge on any atom is 0.255 e. The van der Waals surface area contributed by atoms with Crippen LogP contribution in [0.4, 0.5) is 10.1 Å². The lowest BCUT2D eigenvalue weighted by molar-refractivity contribution is 0.102. The largest absolute Gasteiger partial charge is 0.321 e. The molecule has 100 valence electrons. The summed E-state index contributed by atoms with van der Waals surface area (Å²) >= 11 is 8.81. The Labute approximate surface area is 128 Å². The number of amides is 1. The Balaban J connectivity index is 2.23. The number of rotatable bonds is 2. The summed E-state index contributed by atoms with van der Waals surface area (Å²) in [5.74, 6) is -1.12. The molecule has 0 saturated heterocycles. The van der Waals surface area contributed by atoms with Gasteiger partial charge in [-0.15, -0.1) is 0 Å². The molecule has 0 spiro atoms. The average Bonchev–Trinajstić information content (AvgIpc) is 2.43. The van der Waals surface area contributed by atoms with Crippen LogP contribution < -0.4 is 5.32 Å². The molecule has 20 heavy (non-hydrogen) atoms. The van der Waals surface area contributed by atoms with Gasteiger partial charge in [0.1, 0.15) is 5.82 Å². The Morgan fingerprint density at radius 2 is 2.05 bits per heavy atom. The first-order valence-electron chi connectivity index (χ1n) is 5.47. The summed E-state index contributed by atoms with van der Waals surface area (Å²) in [6.45, 7) is 0. The van der Waals surface area contributed by atoms with Gasteiger partial charge in [-0.2, -0.15) is 5.26 Å². The van der Waals surface area contributed by atoms with Crippen molar-refractivity contribution in [2.45, 2.75) is 0 Å². The number of hydrogen-bond acceptors (Lipinski definition) is 2. The van der Waals surface area contributed by atoms with Crippen LogP contribution in [-0.4, -0.2) is 5.91 Å². The SMILES string of the molecule is N#Cc1ccc(NC(=O)c2ccc(Cl)c(F)c2)c(Br)c1. The van der Waals surface area contributed by atoms with E-state index < -0.39 is 11.7 Å². The molecule has 0 aliphatic heterocycles. The van der Waals surface area contributed by atoms with E-state index in [0.29, 0.717) is 15.7 Å². The molecule has 0 heterocycles. The zero-order chi connectivity index (χ0) is 14.7. The molecule has 3 nitrogen and oxygen atoms in total. The Kier molecular flexibility index (Phi) is 4.38. The Morgan fingerprint density at radius 1 is 1.30 bits per heavy atom. The summed E-state index contributed by atoms with van der Waals surface area (Å²) in [7, 11) is 0. The van der Waals surface area contributed by atoms with Crippen molar-refractivity contribution >= 4 is 39.1 Å². The van der Waals surface area contributed by atoms with Crippen LogP contribution in [0, 0.1) is 17.1 Å². The normalized spacial score (nSPS) is 9.90. The van der Waals surface area contributed by atoms with Crippen LogP contribution in [-0.2, 0) is 0 Å². The number of nitriles is 1. The fourth-order valence-corrected chi connectivity index (χ4v) is 2.11. The summed E-state index contributed by atoms with van der Waals surface area (Å²) in [5, 5.41) is 11.3. The maximum atomic E-state index is 13.3. The van der Waals surface area contributed by atoms with Gasteiger partial charge in [-0.1, -0.05) is 11.6 Å². The quantitative estimate of drug-likeness (QED) is 0.872. The average molecular weight is 354 g/mol. The molecule has 2 aromatic carbocycles. The van der Waals surface area contributed by atoms with E-state index in [9.17, 15) is 9.18 Å². The third kappa shape index (κ3) is 3.16. The van der Waals surface area contributed by atoms with E-state index in [0.717, 1.165) is 6.07 Å². The highest BCUT2D eigenvalue weighted by atomic mass is 79.9. The number of carbonyl (C=O) groups is 1. The van der Waals surface area contributed by atoms with Crippen molar-refractivity contribution in [3.8, 4) is 6.07 Å². The fourth-order valence-electron chi connectivity index (χ4n) is 1.52. The molecular weight excluding hydrogens is 347 g/mol. The first kappa shape index (κ1) is 14.5. The van der Waals surface area contributed by atoms with Crippen LogP contribution in [0.5, 0.6) is 0 Å². The molecule has 0 aliphatic rings. The molecule has 2 aromatic rings. The minimum absolute atomic E-state index is 0.0406. The molecule has 0 aromatic heterocycles. The summed E-state index contributed by atoms with van der Waals surface area (Å²) in [4.78, 5) is 12.0. The predicted molar refractivity (Wildman–Crippen MR) is 78.2 cm³/mol. The first-order chi connectivity index (χ1) is 9.51. The van der Waals surface area contributed by atoms with Crippen LogP contribution in [0.25, 0.3) is 0 Å². The third-order valence-corrected chi connectivity index (χ3v) is 3.49. The van der Waals surface area contributed by atoms with Crippen molar-refractivity contribution in [3.05, 3.63) is 62.8 Å². The van der Waals surface area contributed by atoms with E-state index >= 15 is 0 Å². The molecule has 0 aliphatic carbocycles. The highest BCUT2D eigenvalue weighted by molar-refractivity contribution is 9.10. The smallest absolute Gasteiger partial charge is 0.255 e. The van der Waals surface area contributed by atoms with Crippen molar-refractivity contribution < 1.29 is 9.18 Å². The van der Waals surface area contributed by atoms with E-state index in [-0.39, 0.29) is 10.6 Å². The number of hydrogen-bond donors (Lipinski definition) is 1. The van der Waals surface area contributed by atoms with Gasteiger partial charge in [0.15, 0.2) is 0 Å². The molecule has 0 atom stereocenters. The number of nitrogens with one attached hydrogen (secondary N) is 1. The van der Waals surface area contributed by atoms with E-state index in [4.69, 9.17) is 16.9 Å². The summed E-state index contributed by atoms with van der Waals surface area (Å²) in [6, 6.07) is 10.5. The second-order valence-electron chi connectivity index (χ2n) is 3.89. The van der Waals surface area contributed by atoms with Crippen molar-refractivity contribution in [2.75, 3.05) is 5.32 Å². The Morgan fingerprint density at radius 3 is 2.65 bits per heavy atom. The Bertz CT molecular complexity index is 728. The molecular formula is C14H7BrClFN2O.